The predicted octanol–water partition coefficient (Wildman–Crippen LogP) is -5.30. The van der Waals surface area contributed by atoms with Crippen LogP contribution >= 0.6 is 0 Å². The summed E-state index contributed by atoms with van der Waals surface area (Å²) >= 11 is 0. The molecule has 9 nitrogen and oxygen atoms in total. The van der Waals surface area contributed by atoms with Crippen molar-refractivity contribution < 1.29 is 52.7 Å². The summed E-state index contributed by atoms with van der Waals surface area (Å²) in [7, 11) is -2.26. The van der Waals surface area contributed by atoms with Crippen LogP contribution in [0.1, 0.15) is 19.5 Å². The number of amides is 1. The number of aryl methyl sites for hydroxylation is 1. The first-order valence-corrected chi connectivity index (χ1v) is 7.98. The van der Waals surface area contributed by atoms with Crippen molar-refractivity contribution in [2.75, 3.05) is 0 Å². The largest absolute Gasteiger partial charge is 1.00 e. The molecule has 0 radical (unpaired) electrons. The van der Waals surface area contributed by atoms with E-state index in [0.29, 0.717) is 5.69 Å². The third kappa shape index (κ3) is 2.27. The van der Waals surface area contributed by atoms with E-state index in [4.69, 9.17) is 0 Å². The van der Waals surface area contributed by atoms with E-state index in [1.165, 1.54) is 30.8 Å². The standard InChI is InChI=1S/C12H14N4O5S.Na/c1-12(2)8(11(18)19)16-9(17)7(10(16)22(12,20)21)4-6-5-15(3)14-13-6;/h4-5,8,10H,1-3H3,(H,18,19);/q;+1/p-1/b7-4+;/t8-,10+;/m0./s1. The van der Waals surface area contributed by atoms with Gasteiger partial charge in [-0.25, -0.2) is 8.42 Å². The number of fused-ring (bicyclic) bond motifs is 1. The molecule has 118 valence electrons. The molecule has 11 heteroatoms. The minimum Gasteiger partial charge on any atom is -0.548 e. The second-order valence-electron chi connectivity index (χ2n) is 5.85. The maximum absolute atomic E-state index is 12.6. The Kier molecular flexibility index (Phi) is 4.25. The van der Waals surface area contributed by atoms with Gasteiger partial charge < -0.3 is 14.8 Å². The van der Waals surface area contributed by atoms with Gasteiger partial charge in [-0.15, -0.1) is 5.10 Å². The summed E-state index contributed by atoms with van der Waals surface area (Å²) < 4.78 is 24.9. The molecule has 2 saturated heterocycles. The number of carbonyl (C=O) groups is 2. The molecular weight excluding hydrogens is 335 g/mol. The number of sulfone groups is 1. The quantitative estimate of drug-likeness (QED) is 0.297. The number of hydrogen-bond donors (Lipinski definition) is 0. The van der Waals surface area contributed by atoms with Gasteiger partial charge in [0, 0.05) is 7.05 Å². The van der Waals surface area contributed by atoms with E-state index >= 15 is 0 Å². The summed E-state index contributed by atoms with van der Waals surface area (Å²) in [4.78, 5) is 24.3. The fourth-order valence-corrected chi connectivity index (χ4v) is 5.03. The summed E-state index contributed by atoms with van der Waals surface area (Å²) in [5.41, 5.74) is 0.327. The van der Waals surface area contributed by atoms with Crippen molar-refractivity contribution in [3.05, 3.63) is 17.5 Å². The third-order valence-corrected chi connectivity index (χ3v) is 6.87. The number of carboxylic acids is 1. The van der Waals surface area contributed by atoms with Crippen LogP contribution in [-0.4, -0.2) is 56.4 Å². The molecular formula is C12H13N4NaO5S. The van der Waals surface area contributed by atoms with Crippen molar-refractivity contribution in [1.82, 2.24) is 19.9 Å². The van der Waals surface area contributed by atoms with Crippen LogP contribution < -0.4 is 34.7 Å². The minimum atomic E-state index is -3.89. The number of hydrogen-bond acceptors (Lipinski definition) is 7. The van der Waals surface area contributed by atoms with E-state index in [9.17, 15) is 23.1 Å². The SMILES string of the molecule is Cn1cc(/C=C2\C(=O)N3[C@@H](C(=O)[O-])C(C)(C)S(=O)(=O)[C@H]23)nn1.[Na+]. The van der Waals surface area contributed by atoms with E-state index in [0.717, 1.165) is 4.90 Å². The van der Waals surface area contributed by atoms with Gasteiger partial charge in [0.25, 0.3) is 5.91 Å². The normalized spacial score (nSPS) is 28.9. The maximum atomic E-state index is 12.6. The molecule has 0 bridgehead atoms. The van der Waals surface area contributed by atoms with Crippen molar-refractivity contribution in [3.8, 4) is 0 Å². The van der Waals surface area contributed by atoms with Crippen LogP contribution in [0.2, 0.25) is 0 Å². The zero-order valence-corrected chi connectivity index (χ0v) is 15.9. The smallest absolute Gasteiger partial charge is 0.548 e. The Bertz CT molecular complexity index is 828. The van der Waals surface area contributed by atoms with E-state index in [1.807, 2.05) is 0 Å². The first kappa shape index (κ1) is 18.1. The third-order valence-electron chi connectivity index (χ3n) is 4.11. The number of carbonyl (C=O) groups excluding carboxylic acids is 2. The molecule has 2 atom stereocenters. The van der Waals surface area contributed by atoms with E-state index in [2.05, 4.69) is 10.3 Å². The zero-order chi connectivity index (χ0) is 16.4. The molecule has 0 aromatic carbocycles. The van der Waals surface area contributed by atoms with Crippen LogP contribution in [0.25, 0.3) is 6.08 Å². The summed E-state index contributed by atoms with van der Waals surface area (Å²) in [6.45, 7) is 2.57. The second-order valence-corrected chi connectivity index (χ2v) is 8.44. The predicted molar refractivity (Wildman–Crippen MR) is 71.4 cm³/mol. The Labute approximate surface area is 154 Å². The van der Waals surface area contributed by atoms with Gasteiger partial charge in [-0.1, -0.05) is 5.21 Å². The van der Waals surface area contributed by atoms with E-state index in [1.54, 1.807) is 7.05 Å². The first-order chi connectivity index (χ1) is 10.1. The molecule has 2 aliphatic heterocycles. The Morgan fingerprint density at radius 2 is 2.04 bits per heavy atom. The maximum Gasteiger partial charge on any atom is 1.00 e. The monoisotopic (exact) mass is 348 g/mol. The molecule has 0 unspecified atom stereocenters. The van der Waals surface area contributed by atoms with Crippen LogP contribution in [0, 0.1) is 0 Å². The number of carboxylic acid groups (broad SMARTS) is 1. The molecule has 0 saturated carbocycles. The Morgan fingerprint density at radius 3 is 2.52 bits per heavy atom. The fourth-order valence-electron chi connectivity index (χ4n) is 2.91. The first-order valence-electron chi connectivity index (χ1n) is 6.44. The fraction of sp³-hybridized carbons (Fsp3) is 0.500. The summed E-state index contributed by atoms with van der Waals surface area (Å²) in [5, 5.41) is 17.5. The Balaban J connectivity index is 0.00000192. The zero-order valence-electron chi connectivity index (χ0n) is 13.0. The van der Waals surface area contributed by atoms with Crippen molar-refractivity contribution in [1.29, 1.82) is 0 Å². The number of β-lactam (4-membered cyclic amide) rings is 1. The molecule has 23 heavy (non-hydrogen) atoms. The van der Waals surface area contributed by atoms with Gasteiger partial charge in [-0.2, -0.15) is 0 Å². The number of nitrogens with zero attached hydrogens (tertiary/aromatic N) is 4. The van der Waals surface area contributed by atoms with Crippen LogP contribution in [-0.2, 0) is 26.5 Å². The van der Waals surface area contributed by atoms with Gasteiger partial charge in [-0.05, 0) is 19.9 Å². The average molecular weight is 348 g/mol. The second kappa shape index (κ2) is 5.40. The van der Waals surface area contributed by atoms with Crippen LogP contribution in [0.4, 0.5) is 0 Å². The molecule has 3 heterocycles. The molecule has 0 aliphatic carbocycles. The van der Waals surface area contributed by atoms with Gasteiger partial charge in [0.2, 0.25) is 0 Å². The summed E-state index contributed by atoms with van der Waals surface area (Å²) in [5.74, 6) is -2.22. The van der Waals surface area contributed by atoms with Crippen molar-refractivity contribution in [3.63, 3.8) is 0 Å². The van der Waals surface area contributed by atoms with E-state index in [-0.39, 0.29) is 35.1 Å². The van der Waals surface area contributed by atoms with Crippen LogP contribution in [0.5, 0.6) is 0 Å². The molecule has 0 N–H and O–H groups in total. The van der Waals surface area contributed by atoms with Gasteiger partial charge in [0.05, 0.1) is 28.5 Å². The topological polar surface area (TPSA) is 125 Å². The van der Waals surface area contributed by atoms with Gasteiger partial charge in [-0.3, -0.25) is 9.48 Å². The number of aromatic nitrogens is 3. The molecule has 0 spiro atoms. The molecule has 2 aliphatic rings. The molecule has 1 aromatic heterocycles. The van der Waals surface area contributed by atoms with E-state index < -0.39 is 37.9 Å². The molecule has 1 amide bonds. The van der Waals surface area contributed by atoms with Crippen LogP contribution in [0.15, 0.2) is 11.8 Å². The molecule has 3 rings (SSSR count). The van der Waals surface area contributed by atoms with Crippen LogP contribution in [0.3, 0.4) is 0 Å². The van der Waals surface area contributed by atoms with Crippen molar-refractivity contribution in [2.24, 2.45) is 7.05 Å². The average Bonchev–Trinajstić information content (AvgIpc) is 2.85. The molecule has 1 aromatic rings. The number of aliphatic carboxylic acids is 1. The summed E-state index contributed by atoms with van der Waals surface area (Å²) in [6, 6.07) is -1.51. The Hall–Kier alpha value is -1.23. The van der Waals surface area contributed by atoms with Gasteiger partial charge in [0.1, 0.15) is 5.69 Å². The Morgan fingerprint density at radius 1 is 1.43 bits per heavy atom. The van der Waals surface area contributed by atoms with Crippen molar-refractivity contribution in [2.45, 2.75) is 30.0 Å². The van der Waals surface area contributed by atoms with Crippen molar-refractivity contribution >= 4 is 27.8 Å². The summed E-state index contributed by atoms with van der Waals surface area (Å²) in [6.07, 6.45) is 2.84. The molecule has 2 fully saturated rings. The van der Waals surface area contributed by atoms with Gasteiger partial charge >= 0.3 is 29.6 Å². The number of rotatable bonds is 2. The minimum absolute atomic E-state index is 0. The van der Waals surface area contributed by atoms with Gasteiger partial charge in [0.15, 0.2) is 15.2 Å².